The van der Waals surface area contributed by atoms with Crippen LogP contribution in [0.5, 0.6) is 0 Å². The lowest BCUT2D eigenvalue weighted by molar-refractivity contribution is 0.102. The zero-order valence-corrected chi connectivity index (χ0v) is 19.3. The highest BCUT2D eigenvalue weighted by Crippen LogP contribution is 2.28. The Balaban J connectivity index is 1.46. The maximum Gasteiger partial charge on any atom is 0.193 e. The number of carbonyl (C=O) groups excluding carboxylic acids is 2. The summed E-state index contributed by atoms with van der Waals surface area (Å²) in [5.41, 5.74) is 5.69. The fourth-order valence-corrected chi connectivity index (χ4v) is 4.34. The molecule has 0 aromatic heterocycles. The van der Waals surface area contributed by atoms with E-state index in [1.54, 1.807) is 0 Å². The number of Topliss-reactive ketones (excluding diaryl/α,β-unsaturated/α-hetero) is 1. The van der Waals surface area contributed by atoms with Crippen LogP contribution in [0, 0.1) is 0 Å². The van der Waals surface area contributed by atoms with Crippen molar-refractivity contribution in [1.29, 1.82) is 0 Å². The highest BCUT2D eigenvalue weighted by Gasteiger charge is 2.18. The molecule has 4 aromatic carbocycles. The van der Waals surface area contributed by atoms with E-state index in [-0.39, 0.29) is 11.6 Å². The zero-order chi connectivity index (χ0) is 24.0. The molecule has 0 amide bonds. The van der Waals surface area contributed by atoms with Gasteiger partial charge in [0.15, 0.2) is 11.6 Å². The molecule has 3 heteroatoms. The van der Waals surface area contributed by atoms with Gasteiger partial charge in [0.1, 0.15) is 0 Å². The normalized spacial score (nSPS) is 12.8. The minimum atomic E-state index is -0.00373. The van der Waals surface area contributed by atoms with E-state index in [9.17, 15) is 9.59 Å². The zero-order valence-electron chi connectivity index (χ0n) is 19.3. The molecule has 1 heterocycles. The van der Waals surface area contributed by atoms with Crippen LogP contribution in [-0.4, -0.2) is 16.5 Å². The van der Waals surface area contributed by atoms with Crippen molar-refractivity contribution in [1.82, 2.24) is 4.90 Å². The van der Waals surface area contributed by atoms with Gasteiger partial charge in [-0.15, -0.1) is 0 Å². The number of nitrogens with zero attached hydrogens (tertiary/aromatic N) is 1. The van der Waals surface area contributed by atoms with Gasteiger partial charge in [-0.3, -0.25) is 9.59 Å². The number of carbonyl (C=O) groups is 2. The van der Waals surface area contributed by atoms with E-state index in [1.165, 1.54) is 0 Å². The first-order valence-electron chi connectivity index (χ1n) is 11.7. The van der Waals surface area contributed by atoms with Crippen molar-refractivity contribution in [3.63, 3.8) is 0 Å². The summed E-state index contributed by atoms with van der Waals surface area (Å²) in [5.74, 6) is 0.0373. The van der Waals surface area contributed by atoms with E-state index < -0.39 is 0 Å². The molecule has 0 aliphatic carbocycles. The number of rotatable bonds is 7. The maximum atomic E-state index is 13.5. The molecule has 170 valence electrons. The molecule has 4 aromatic rings. The van der Waals surface area contributed by atoms with Crippen LogP contribution in [0.4, 0.5) is 0 Å². The molecule has 0 N–H and O–H groups in total. The van der Waals surface area contributed by atoms with E-state index in [0.717, 1.165) is 22.3 Å². The van der Waals surface area contributed by atoms with Crippen LogP contribution in [0.2, 0.25) is 0 Å². The van der Waals surface area contributed by atoms with E-state index in [1.807, 2.05) is 127 Å². The smallest absolute Gasteiger partial charge is 0.193 e. The lowest BCUT2D eigenvalue weighted by Crippen LogP contribution is -2.17. The van der Waals surface area contributed by atoms with E-state index in [2.05, 4.69) is 6.07 Å². The topological polar surface area (TPSA) is 37.4 Å². The minimum absolute atomic E-state index is 0.00373. The number of ketones is 2. The Morgan fingerprint density at radius 3 is 1.94 bits per heavy atom. The lowest BCUT2D eigenvalue weighted by atomic mass is 9.92. The molecule has 0 fully saturated rings. The average Bonchev–Trinajstić information content (AvgIpc) is 2.94. The van der Waals surface area contributed by atoms with Crippen LogP contribution in [0.1, 0.15) is 38.3 Å². The van der Waals surface area contributed by atoms with Crippen molar-refractivity contribution in [3.05, 3.63) is 155 Å². The van der Waals surface area contributed by atoms with Crippen LogP contribution >= 0.6 is 0 Å². The van der Waals surface area contributed by atoms with Gasteiger partial charge in [0.2, 0.25) is 0 Å². The van der Waals surface area contributed by atoms with Crippen molar-refractivity contribution in [3.8, 4) is 11.1 Å². The van der Waals surface area contributed by atoms with Gasteiger partial charge in [-0.25, -0.2) is 0 Å². The van der Waals surface area contributed by atoms with Crippen LogP contribution in [0.3, 0.4) is 0 Å². The maximum absolute atomic E-state index is 13.5. The number of hydrogen-bond acceptors (Lipinski definition) is 3. The molecular formula is C32H25NO2. The van der Waals surface area contributed by atoms with E-state index in [4.69, 9.17) is 0 Å². The Morgan fingerprint density at radius 2 is 1.29 bits per heavy atom. The molecule has 0 bridgehead atoms. The predicted octanol–water partition coefficient (Wildman–Crippen LogP) is 7.07. The summed E-state index contributed by atoms with van der Waals surface area (Å²) in [6.45, 7) is 0.562. The van der Waals surface area contributed by atoms with Gasteiger partial charge >= 0.3 is 0 Å². The summed E-state index contributed by atoms with van der Waals surface area (Å²) < 4.78 is 0. The molecule has 0 unspecified atom stereocenters. The van der Waals surface area contributed by atoms with Crippen LogP contribution in [0.15, 0.2) is 133 Å². The fourth-order valence-electron chi connectivity index (χ4n) is 4.34. The summed E-state index contributed by atoms with van der Waals surface area (Å²) in [4.78, 5) is 28.4. The Kier molecular flexibility index (Phi) is 6.49. The quantitative estimate of drug-likeness (QED) is 0.280. The average molecular weight is 456 g/mol. The second kappa shape index (κ2) is 10.2. The predicted molar refractivity (Wildman–Crippen MR) is 140 cm³/mol. The van der Waals surface area contributed by atoms with Crippen LogP contribution < -0.4 is 0 Å². The molecule has 1 aliphatic heterocycles. The Bertz CT molecular complexity index is 1400. The van der Waals surface area contributed by atoms with Gasteiger partial charge < -0.3 is 4.90 Å². The monoisotopic (exact) mass is 455 g/mol. The Morgan fingerprint density at radius 1 is 0.686 bits per heavy atom. The second-order valence-corrected chi connectivity index (χ2v) is 8.55. The SMILES string of the molecule is O=C(C1=CN(Cc2ccc(-c3ccccc3)c(C(=O)c3ccccc3)c2)C=CC1)c1ccccc1. The third-order valence-electron chi connectivity index (χ3n) is 6.10. The number of benzene rings is 4. The molecule has 5 rings (SSSR count). The third kappa shape index (κ3) is 5.04. The van der Waals surface area contributed by atoms with Crippen LogP contribution in [-0.2, 0) is 6.54 Å². The summed E-state index contributed by atoms with van der Waals surface area (Å²) >= 11 is 0. The molecule has 0 saturated carbocycles. The van der Waals surface area contributed by atoms with Gasteiger partial charge in [-0.1, -0.05) is 109 Å². The Labute approximate surface area is 205 Å². The molecule has 0 atom stereocenters. The van der Waals surface area contributed by atoms with Gasteiger partial charge in [-0.05, 0) is 29.2 Å². The fraction of sp³-hybridized carbons (Fsp3) is 0.0625. The second-order valence-electron chi connectivity index (χ2n) is 8.55. The molecule has 35 heavy (non-hydrogen) atoms. The van der Waals surface area contributed by atoms with Crippen molar-refractivity contribution < 1.29 is 9.59 Å². The van der Waals surface area contributed by atoms with E-state index in [0.29, 0.717) is 29.7 Å². The van der Waals surface area contributed by atoms with Crippen molar-refractivity contribution >= 4 is 11.6 Å². The first-order chi connectivity index (χ1) is 17.2. The summed E-state index contributed by atoms with van der Waals surface area (Å²) in [6.07, 6.45) is 6.52. The largest absolute Gasteiger partial charge is 0.350 e. The molecule has 0 spiro atoms. The molecule has 1 aliphatic rings. The van der Waals surface area contributed by atoms with E-state index >= 15 is 0 Å². The first kappa shape index (κ1) is 22.3. The highest BCUT2D eigenvalue weighted by molar-refractivity contribution is 6.13. The summed E-state index contributed by atoms with van der Waals surface area (Å²) in [6, 6.07) is 34.8. The van der Waals surface area contributed by atoms with Crippen molar-refractivity contribution in [2.24, 2.45) is 0 Å². The molecule has 3 nitrogen and oxygen atoms in total. The molecule has 0 radical (unpaired) electrons. The summed E-state index contributed by atoms with van der Waals surface area (Å²) in [7, 11) is 0. The van der Waals surface area contributed by atoms with Crippen LogP contribution in [0.25, 0.3) is 11.1 Å². The highest BCUT2D eigenvalue weighted by atomic mass is 16.1. The standard InChI is InChI=1S/C32H25NO2/c34-31(26-13-6-2-7-14-26)28-17-10-20-33(23-28)22-24-18-19-29(25-11-4-1-5-12-25)30(21-24)32(35)27-15-8-3-9-16-27/h1-16,18-21,23H,17,22H2. The lowest BCUT2D eigenvalue weighted by Gasteiger charge is -2.22. The van der Waals surface area contributed by atoms with Gasteiger partial charge in [-0.2, -0.15) is 0 Å². The Hall–Kier alpha value is -4.50. The first-order valence-corrected chi connectivity index (χ1v) is 11.7. The van der Waals surface area contributed by atoms with Gasteiger partial charge in [0, 0.05) is 41.2 Å². The number of allylic oxidation sites excluding steroid dienone is 2. The summed E-state index contributed by atoms with van der Waals surface area (Å²) in [5, 5.41) is 0. The van der Waals surface area contributed by atoms with Gasteiger partial charge in [0.05, 0.1) is 0 Å². The van der Waals surface area contributed by atoms with Crippen molar-refractivity contribution in [2.45, 2.75) is 13.0 Å². The molecule has 0 saturated heterocycles. The molecular weight excluding hydrogens is 430 g/mol. The third-order valence-corrected chi connectivity index (χ3v) is 6.10. The van der Waals surface area contributed by atoms with Crippen molar-refractivity contribution in [2.75, 3.05) is 0 Å². The number of hydrogen-bond donors (Lipinski definition) is 0. The minimum Gasteiger partial charge on any atom is -0.350 e. The van der Waals surface area contributed by atoms with Gasteiger partial charge in [0.25, 0.3) is 0 Å².